The molecule has 2 aromatic rings. The van der Waals surface area contributed by atoms with E-state index in [4.69, 9.17) is 4.52 Å². The first kappa shape index (κ1) is 15.3. The van der Waals surface area contributed by atoms with Gasteiger partial charge >= 0.3 is 6.29 Å². The van der Waals surface area contributed by atoms with Crippen LogP contribution in [0.1, 0.15) is 29.9 Å². The fourth-order valence-corrected chi connectivity index (χ4v) is 2.52. The third-order valence-electron chi connectivity index (χ3n) is 3.58. The zero-order valence-electron chi connectivity index (χ0n) is 12.6. The van der Waals surface area contributed by atoms with Crippen molar-refractivity contribution in [2.24, 2.45) is 0 Å². The Bertz CT molecular complexity index is 753. The lowest BCUT2D eigenvalue weighted by molar-refractivity contribution is -0.286. The molecule has 0 saturated heterocycles. The van der Waals surface area contributed by atoms with Crippen LogP contribution in [0, 0.1) is 13.8 Å². The average Bonchev–Trinajstić information content (AvgIpc) is 2.95. The normalized spacial score (nSPS) is 16.2. The molecule has 0 bridgehead atoms. The Kier molecular flexibility index (Phi) is 3.46. The van der Waals surface area contributed by atoms with E-state index >= 15 is 0 Å². The minimum Gasteiger partial charge on any atom is -0.395 e. The molecule has 0 aliphatic carbocycles. The lowest BCUT2D eigenvalue weighted by Crippen LogP contribution is -2.25. The number of ether oxygens (including phenoxy) is 2. The summed E-state index contributed by atoms with van der Waals surface area (Å²) in [5.74, 6) is -0.460. The number of halogens is 2. The largest absolute Gasteiger partial charge is 0.586 e. The molecule has 1 amide bonds. The molecular formula is C15H14F2N2O4. The number of aromatic nitrogens is 1. The SMILES string of the molecule is Cc1noc(C)c1[C@H](C)C(=O)Nc1ccc2c(c1)OC(F)(F)O2. The maximum Gasteiger partial charge on any atom is 0.586 e. The third kappa shape index (κ3) is 2.84. The van der Waals surface area contributed by atoms with Gasteiger partial charge in [-0.15, -0.1) is 8.78 Å². The lowest BCUT2D eigenvalue weighted by Gasteiger charge is -2.12. The molecule has 1 aromatic carbocycles. The highest BCUT2D eigenvalue weighted by Crippen LogP contribution is 2.42. The second-order valence-electron chi connectivity index (χ2n) is 5.28. The van der Waals surface area contributed by atoms with Crippen LogP contribution in [0.15, 0.2) is 22.7 Å². The molecule has 1 N–H and O–H groups in total. The second-order valence-corrected chi connectivity index (χ2v) is 5.28. The van der Waals surface area contributed by atoms with E-state index < -0.39 is 12.2 Å². The molecule has 2 heterocycles. The summed E-state index contributed by atoms with van der Waals surface area (Å²) >= 11 is 0. The van der Waals surface area contributed by atoms with E-state index in [2.05, 4.69) is 19.9 Å². The number of benzene rings is 1. The predicted octanol–water partition coefficient (Wildman–Crippen LogP) is 3.36. The zero-order chi connectivity index (χ0) is 16.8. The Morgan fingerprint density at radius 3 is 2.61 bits per heavy atom. The van der Waals surface area contributed by atoms with Crippen molar-refractivity contribution in [3.8, 4) is 11.5 Å². The van der Waals surface area contributed by atoms with Gasteiger partial charge in [-0.1, -0.05) is 5.16 Å². The highest BCUT2D eigenvalue weighted by molar-refractivity contribution is 5.96. The zero-order valence-corrected chi connectivity index (χ0v) is 12.6. The topological polar surface area (TPSA) is 73.6 Å². The molecule has 1 atom stereocenters. The molecule has 23 heavy (non-hydrogen) atoms. The highest BCUT2D eigenvalue weighted by Gasteiger charge is 2.43. The Morgan fingerprint density at radius 2 is 1.96 bits per heavy atom. The van der Waals surface area contributed by atoms with E-state index in [1.54, 1.807) is 20.8 Å². The number of alkyl halides is 2. The summed E-state index contributed by atoms with van der Waals surface area (Å²) in [7, 11) is 0. The Labute approximate surface area is 130 Å². The maximum atomic E-state index is 13.0. The third-order valence-corrected chi connectivity index (χ3v) is 3.58. The van der Waals surface area contributed by atoms with Crippen LogP contribution in [-0.2, 0) is 4.79 Å². The van der Waals surface area contributed by atoms with Crippen molar-refractivity contribution in [2.75, 3.05) is 5.32 Å². The summed E-state index contributed by atoms with van der Waals surface area (Å²) in [5, 5.41) is 6.47. The summed E-state index contributed by atoms with van der Waals surface area (Å²) < 4.78 is 39.7. The number of rotatable bonds is 3. The van der Waals surface area contributed by atoms with Crippen LogP contribution in [0.2, 0.25) is 0 Å². The van der Waals surface area contributed by atoms with Crippen LogP contribution in [0.5, 0.6) is 11.5 Å². The summed E-state index contributed by atoms with van der Waals surface area (Å²) in [6, 6.07) is 4.06. The highest BCUT2D eigenvalue weighted by atomic mass is 19.3. The lowest BCUT2D eigenvalue weighted by atomic mass is 9.98. The van der Waals surface area contributed by atoms with Crippen molar-refractivity contribution in [1.82, 2.24) is 5.16 Å². The molecule has 0 spiro atoms. The Balaban J connectivity index is 1.77. The first-order chi connectivity index (χ1) is 10.8. The van der Waals surface area contributed by atoms with Gasteiger partial charge in [-0.25, -0.2) is 0 Å². The quantitative estimate of drug-likeness (QED) is 0.937. The standard InChI is InChI=1S/C15H14F2N2O4/c1-7(13-8(2)19-23-9(13)3)14(20)18-10-4-5-11-12(6-10)22-15(16,17)21-11/h4-7H,1-3H3,(H,18,20)/t7-/m0/s1. The Hall–Kier alpha value is -2.64. The first-order valence-corrected chi connectivity index (χ1v) is 6.90. The van der Waals surface area contributed by atoms with Gasteiger partial charge in [-0.05, 0) is 32.9 Å². The molecule has 1 aliphatic heterocycles. The molecule has 122 valence electrons. The first-order valence-electron chi connectivity index (χ1n) is 6.90. The van der Waals surface area contributed by atoms with Crippen molar-refractivity contribution in [3.63, 3.8) is 0 Å². The van der Waals surface area contributed by atoms with Crippen molar-refractivity contribution in [2.45, 2.75) is 33.0 Å². The van der Waals surface area contributed by atoms with Crippen LogP contribution in [-0.4, -0.2) is 17.4 Å². The van der Waals surface area contributed by atoms with Crippen LogP contribution in [0.4, 0.5) is 14.5 Å². The van der Waals surface area contributed by atoms with Crippen LogP contribution in [0.25, 0.3) is 0 Å². The van der Waals surface area contributed by atoms with Crippen LogP contribution >= 0.6 is 0 Å². The van der Waals surface area contributed by atoms with Crippen molar-refractivity contribution >= 4 is 11.6 Å². The van der Waals surface area contributed by atoms with Gasteiger partial charge in [0.2, 0.25) is 5.91 Å². The molecule has 0 fully saturated rings. The van der Waals surface area contributed by atoms with Gasteiger partial charge in [0.05, 0.1) is 11.6 Å². The molecule has 1 aliphatic rings. The predicted molar refractivity (Wildman–Crippen MR) is 75.7 cm³/mol. The number of fused-ring (bicyclic) bond motifs is 1. The van der Waals surface area contributed by atoms with E-state index in [9.17, 15) is 13.6 Å². The number of hydrogen-bond donors (Lipinski definition) is 1. The van der Waals surface area contributed by atoms with Crippen molar-refractivity contribution in [3.05, 3.63) is 35.2 Å². The molecular weight excluding hydrogens is 310 g/mol. The average molecular weight is 324 g/mol. The summed E-state index contributed by atoms with van der Waals surface area (Å²) in [6.45, 7) is 5.18. The number of carbonyl (C=O) groups is 1. The molecule has 0 radical (unpaired) electrons. The van der Waals surface area contributed by atoms with Gasteiger partial charge in [0, 0.05) is 17.3 Å². The van der Waals surface area contributed by atoms with Gasteiger partial charge in [0.1, 0.15) is 5.76 Å². The fourth-order valence-electron chi connectivity index (χ4n) is 2.52. The van der Waals surface area contributed by atoms with Crippen LogP contribution in [0.3, 0.4) is 0 Å². The number of amides is 1. The summed E-state index contributed by atoms with van der Waals surface area (Å²) in [5.41, 5.74) is 1.67. The molecule has 8 heteroatoms. The number of carbonyl (C=O) groups excluding carboxylic acids is 1. The maximum absolute atomic E-state index is 13.0. The number of nitrogens with zero attached hydrogens (tertiary/aromatic N) is 1. The van der Waals surface area contributed by atoms with E-state index in [-0.39, 0.29) is 17.4 Å². The summed E-state index contributed by atoms with van der Waals surface area (Å²) in [6.07, 6.45) is -3.69. The smallest absolute Gasteiger partial charge is 0.395 e. The van der Waals surface area contributed by atoms with Gasteiger partial charge in [-0.3, -0.25) is 4.79 Å². The summed E-state index contributed by atoms with van der Waals surface area (Å²) in [4.78, 5) is 12.3. The van der Waals surface area contributed by atoms with Crippen LogP contribution < -0.4 is 14.8 Å². The van der Waals surface area contributed by atoms with Gasteiger partial charge in [-0.2, -0.15) is 0 Å². The monoisotopic (exact) mass is 324 g/mol. The van der Waals surface area contributed by atoms with Gasteiger partial charge in [0.25, 0.3) is 0 Å². The second kappa shape index (κ2) is 5.22. The van der Waals surface area contributed by atoms with Gasteiger partial charge < -0.3 is 19.3 Å². The number of anilines is 1. The van der Waals surface area contributed by atoms with E-state index in [0.29, 0.717) is 22.7 Å². The minimum absolute atomic E-state index is 0.0771. The minimum atomic E-state index is -3.69. The Morgan fingerprint density at radius 1 is 1.26 bits per heavy atom. The number of hydrogen-bond acceptors (Lipinski definition) is 5. The number of aryl methyl sites for hydroxylation is 2. The van der Waals surface area contributed by atoms with E-state index in [0.717, 1.165) is 0 Å². The molecule has 0 unspecified atom stereocenters. The fraction of sp³-hybridized carbons (Fsp3) is 0.333. The van der Waals surface area contributed by atoms with Crippen molar-refractivity contribution < 1.29 is 27.6 Å². The van der Waals surface area contributed by atoms with E-state index in [1.807, 2.05) is 0 Å². The molecule has 3 rings (SSSR count). The number of nitrogens with one attached hydrogen (secondary N) is 1. The molecule has 1 aromatic heterocycles. The molecule has 0 saturated carbocycles. The van der Waals surface area contributed by atoms with Gasteiger partial charge in [0.15, 0.2) is 11.5 Å². The molecule has 6 nitrogen and oxygen atoms in total. The van der Waals surface area contributed by atoms with E-state index in [1.165, 1.54) is 18.2 Å². The van der Waals surface area contributed by atoms with Crippen molar-refractivity contribution in [1.29, 1.82) is 0 Å².